The van der Waals surface area contributed by atoms with Gasteiger partial charge < -0.3 is 10.1 Å². The fourth-order valence-electron chi connectivity index (χ4n) is 3.90. The molecule has 0 bridgehead atoms. The van der Waals surface area contributed by atoms with Crippen LogP contribution in [0, 0.1) is 6.92 Å². The third-order valence-electron chi connectivity index (χ3n) is 5.42. The van der Waals surface area contributed by atoms with E-state index in [1.54, 1.807) is 0 Å². The van der Waals surface area contributed by atoms with Gasteiger partial charge in [0.2, 0.25) is 10.0 Å². The number of sulfonamides is 1. The minimum absolute atomic E-state index is 0.0634. The van der Waals surface area contributed by atoms with E-state index in [1.165, 1.54) is 24.3 Å². The summed E-state index contributed by atoms with van der Waals surface area (Å²) in [4.78, 5) is 30.0. The maximum atomic E-state index is 13.0. The number of carbonyl (C=O) groups excluding carboxylic acids is 2. The van der Waals surface area contributed by atoms with Gasteiger partial charge in [0, 0.05) is 16.8 Å². The second-order valence-corrected chi connectivity index (χ2v) is 9.39. The summed E-state index contributed by atoms with van der Waals surface area (Å²) >= 11 is 0. The first kappa shape index (κ1) is 21.9. The molecule has 3 aromatic rings. The number of anilines is 1. The van der Waals surface area contributed by atoms with Gasteiger partial charge in [-0.15, -0.1) is 0 Å². The number of nitrogens with one attached hydrogen (secondary N) is 1. The van der Waals surface area contributed by atoms with Gasteiger partial charge in [0.25, 0.3) is 5.91 Å². The number of pyridine rings is 1. The highest BCUT2D eigenvalue weighted by atomic mass is 32.2. The van der Waals surface area contributed by atoms with Crippen LogP contribution in [0.3, 0.4) is 0 Å². The van der Waals surface area contributed by atoms with Gasteiger partial charge in [0.05, 0.1) is 16.0 Å². The lowest BCUT2D eigenvalue weighted by molar-refractivity contribution is -0.119. The highest BCUT2D eigenvalue weighted by molar-refractivity contribution is 7.89. The summed E-state index contributed by atoms with van der Waals surface area (Å²) in [6, 6.07) is 11.2. The molecule has 1 heterocycles. The number of nitrogens with zero attached hydrogens (tertiary/aromatic N) is 1. The molecule has 0 saturated heterocycles. The quantitative estimate of drug-likeness (QED) is 0.572. The molecule has 2 aromatic carbocycles. The van der Waals surface area contributed by atoms with Crippen molar-refractivity contribution < 1.29 is 22.7 Å². The predicted molar refractivity (Wildman–Crippen MR) is 120 cm³/mol. The molecular formula is C23H23N3O5S. The minimum Gasteiger partial charge on any atom is -0.452 e. The van der Waals surface area contributed by atoms with Gasteiger partial charge >= 0.3 is 5.97 Å². The van der Waals surface area contributed by atoms with Gasteiger partial charge in [-0.1, -0.05) is 11.6 Å². The van der Waals surface area contributed by atoms with Crippen LogP contribution >= 0.6 is 0 Å². The van der Waals surface area contributed by atoms with Crippen molar-refractivity contribution in [2.24, 2.45) is 5.14 Å². The Morgan fingerprint density at radius 1 is 1.09 bits per heavy atom. The Bertz CT molecular complexity index is 1320. The Kier molecular flexibility index (Phi) is 5.94. The molecule has 0 unspecified atom stereocenters. The number of nitrogens with two attached hydrogens (primary N) is 1. The summed E-state index contributed by atoms with van der Waals surface area (Å²) in [7, 11) is -3.82. The van der Waals surface area contributed by atoms with Crippen molar-refractivity contribution in [3.8, 4) is 0 Å². The topological polar surface area (TPSA) is 128 Å². The van der Waals surface area contributed by atoms with Crippen molar-refractivity contribution in [2.75, 3.05) is 11.9 Å². The molecule has 0 aliphatic heterocycles. The van der Waals surface area contributed by atoms with E-state index in [-0.39, 0.29) is 4.90 Å². The molecule has 0 atom stereocenters. The lowest BCUT2D eigenvalue weighted by Crippen LogP contribution is -2.22. The van der Waals surface area contributed by atoms with Crippen molar-refractivity contribution in [1.82, 2.24) is 4.98 Å². The van der Waals surface area contributed by atoms with Crippen LogP contribution in [-0.4, -0.2) is 31.9 Å². The molecule has 9 heteroatoms. The molecule has 0 saturated carbocycles. The number of esters is 1. The number of ether oxygens (including phenoxy) is 1. The number of aromatic nitrogens is 1. The molecule has 0 spiro atoms. The van der Waals surface area contributed by atoms with E-state index in [2.05, 4.69) is 5.32 Å². The van der Waals surface area contributed by atoms with E-state index < -0.39 is 28.5 Å². The molecule has 166 valence electrons. The van der Waals surface area contributed by atoms with Crippen LogP contribution < -0.4 is 10.5 Å². The molecule has 1 aliphatic carbocycles. The SMILES string of the molecule is Cc1ccc2nc3c(c(C(=O)OCC(=O)Nc4ccc(S(N)(=O)=O)cc4)c2c1)CCCC3. The number of hydrogen-bond acceptors (Lipinski definition) is 6. The maximum Gasteiger partial charge on any atom is 0.339 e. The van der Waals surface area contributed by atoms with Crippen molar-refractivity contribution >= 4 is 38.5 Å². The molecule has 32 heavy (non-hydrogen) atoms. The molecule has 1 aromatic heterocycles. The monoisotopic (exact) mass is 453 g/mol. The molecular weight excluding hydrogens is 430 g/mol. The van der Waals surface area contributed by atoms with Crippen molar-refractivity contribution in [2.45, 2.75) is 37.5 Å². The fourth-order valence-corrected chi connectivity index (χ4v) is 4.41. The van der Waals surface area contributed by atoms with E-state index in [0.717, 1.165) is 53.4 Å². The summed E-state index contributed by atoms with van der Waals surface area (Å²) in [6.45, 7) is 1.48. The summed E-state index contributed by atoms with van der Waals surface area (Å²) in [5.41, 5.74) is 4.41. The number of fused-ring (bicyclic) bond motifs is 2. The lowest BCUT2D eigenvalue weighted by Gasteiger charge is -2.20. The van der Waals surface area contributed by atoms with Crippen LogP contribution in [0.25, 0.3) is 10.9 Å². The first-order chi connectivity index (χ1) is 15.2. The fraction of sp³-hybridized carbons (Fsp3) is 0.261. The highest BCUT2D eigenvalue weighted by Crippen LogP contribution is 2.30. The Morgan fingerprint density at radius 2 is 1.81 bits per heavy atom. The second-order valence-electron chi connectivity index (χ2n) is 7.83. The summed E-state index contributed by atoms with van der Waals surface area (Å²) in [5, 5.41) is 8.37. The molecule has 1 aliphatic rings. The smallest absolute Gasteiger partial charge is 0.339 e. The zero-order valence-corrected chi connectivity index (χ0v) is 18.4. The van der Waals surface area contributed by atoms with E-state index in [4.69, 9.17) is 14.9 Å². The first-order valence-corrected chi connectivity index (χ1v) is 11.8. The lowest BCUT2D eigenvalue weighted by atomic mass is 9.89. The third-order valence-corrected chi connectivity index (χ3v) is 6.35. The average molecular weight is 454 g/mol. The van der Waals surface area contributed by atoms with E-state index >= 15 is 0 Å². The van der Waals surface area contributed by atoms with Gasteiger partial charge in [-0.05, 0) is 74.6 Å². The first-order valence-electron chi connectivity index (χ1n) is 10.2. The molecule has 8 nitrogen and oxygen atoms in total. The number of hydrogen-bond donors (Lipinski definition) is 2. The largest absolute Gasteiger partial charge is 0.452 e. The van der Waals surface area contributed by atoms with Crippen LogP contribution in [0.4, 0.5) is 5.69 Å². The van der Waals surface area contributed by atoms with Crippen molar-refractivity contribution in [3.05, 3.63) is 64.8 Å². The number of primary sulfonamides is 1. The summed E-state index contributed by atoms with van der Waals surface area (Å²) in [6.07, 6.45) is 3.56. The Balaban J connectivity index is 1.52. The number of rotatable bonds is 5. The van der Waals surface area contributed by atoms with Gasteiger partial charge in [-0.3, -0.25) is 9.78 Å². The molecule has 4 rings (SSSR count). The normalized spacial score (nSPS) is 13.4. The summed E-state index contributed by atoms with van der Waals surface area (Å²) in [5.74, 6) is -1.09. The Hall–Kier alpha value is -3.30. The summed E-state index contributed by atoms with van der Waals surface area (Å²) < 4.78 is 28.0. The van der Waals surface area contributed by atoms with E-state index in [1.807, 2.05) is 25.1 Å². The molecule has 0 radical (unpaired) electrons. The van der Waals surface area contributed by atoms with Crippen LogP contribution in [0.15, 0.2) is 47.4 Å². The van der Waals surface area contributed by atoms with Crippen LogP contribution in [0.1, 0.15) is 40.0 Å². The molecule has 3 N–H and O–H groups in total. The molecule has 0 fully saturated rings. The van der Waals surface area contributed by atoms with Gasteiger partial charge in [-0.2, -0.15) is 0 Å². The number of amides is 1. The molecule has 1 amide bonds. The maximum absolute atomic E-state index is 13.0. The third kappa shape index (κ3) is 4.63. The number of benzene rings is 2. The van der Waals surface area contributed by atoms with Crippen LogP contribution in [0.2, 0.25) is 0 Å². The van der Waals surface area contributed by atoms with E-state index in [9.17, 15) is 18.0 Å². The van der Waals surface area contributed by atoms with Crippen molar-refractivity contribution in [3.63, 3.8) is 0 Å². The van der Waals surface area contributed by atoms with Crippen LogP contribution in [-0.2, 0) is 32.4 Å². The Morgan fingerprint density at radius 3 is 2.53 bits per heavy atom. The van der Waals surface area contributed by atoms with Gasteiger partial charge in [0.1, 0.15) is 0 Å². The van der Waals surface area contributed by atoms with E-state index in [0.29, 0.717) is 11.3 Å². The highest BCUT2D eigenvalue weighted by Gasteiger charge is 2.24. The second kappa shape index (κ2) is 8.68. The number of carbonyl (C=O) groups is 2. The predicted octanol–water partition coefficient (Wildman–Crippen LogP) is 2.86. The zero-order chi connectivity index (χ0) is 22.9. The minimum atomic E-state index is -3.82. The zero-order valence-electron chi connectivity index (χ0n) is 17.6. The number of aryl methyl sites for hydroxylation is 2. The standard InChI is InChI=1S/C23H23N3O5S/c1-14-6-11-20-18(12-14)22(17-4-2-3-5-19(17)26-20)23(28)31-13-21(27)25-15-7-9-16(10-8-15)32(24,29)30/h6-12H,2-5,13H2,1H3,(H,25,27)(H2,24,29,30). The van der Waals surface area contributed by atoms with Gasteiger partial charge in [-0.25, -0.2) is 18.4 Å². The average Bonchev–Trinajstić information content (AvgIpc) is 2.75. The Labute approximate surface area is 185 Å². The van der Waals surface area contributed by atoms with Crippen LogP contribution in [0.5, 0.6) is 0 Å². The van der Waals surface area contributed by atoms with Crippen molar-refractivity contribution in [1.29, 1.82) is 0 Å². The van der Waals surface area contributed by atoms with Gasteiger partial charge in [0.15, 0.2) is 6.61 Å².